The first-order valence-electron chi connectivity index (χ1n) is 5.88. The summed E-state index contributed by atoms with van der Waals surface area (Å²) in [7, 11) is 4.40. The van der Waals surface area contributed by atoms with Crippen LogP contribution in [0.1, 0.15) is 12.8 Å². The molecule has 15 heavy (non-hydrogen) atoms. The number of likely N-dealkylation sites (N-methyl/N-ethyl adjacent to an activating group) is 2. The van der Waals surface area contributed by atoms with Crippen LogP contribution in [0.3, 0.4) is 0 Å². The first kappa shape index (κ1) is 10.9. The van der Waals surface area contributed by atoms with Crippen molar-refractivity contribution >= 4 is 5.84 Å². The molecule has 2 fully saturated rings. The van der Waals surface area contributed by atoms with Crippen LogP contribution in [-0.4, -0.2) is 73.4 Å². The second-order valence-corrected chi connectivity index (χ2v) is 4.89. The van der Waals surface area contributed by atoms with E-state index in [0.717, 1.165) is 38.4 Å². The van der Waals surface area contributed by atoms with Crippen LogP contribution in [0.2, 0.25) is 0 Å². The molecule has 2 saturated heterocycles. The molecule has 1 atom stereocenters. The number of nitrogens with zero attached hydrogens (tertiary/aromatic N) is 3. The van der Waals surface area contributed by atoms with Crippen molar-refractivity contribution in [3.8, 4) is 0 Å². The largest absolute Gasteiger partial charge is 0.359 e. The van der Waals surface area contributed by atoms with E-state index in [0.29, 0.717) is 6.04 Å². The Hall–Kier alpha value is -0.610. The standard InChI is InChI=1S/C11H22N4/c1-13-6-7-14(2)10(8-13)9-15-5-3-4-11(15)12/h10,12H,3-9H2,1-2H3. The predicted octanol–water partition coefficient (Wildman–Crippen LogP) is 0.305. The summed E-state index contributed by atoms with van der Waals surface area (Å²) < 4.78 is 0. The van der Waals surface area contributed by atoms with Gasteiger partial charge in [-0.1, -0.05) is 0 Å². The Morgan fingerprint density at radius 2 is 2.07 bits per heavy atom. The molecule has 2 heterocycles. The Kier molecular flexibility index (Phi) is 3.26. The quantitative estimate of drug-likeness (QED) is 0.712. The molecule has 4 nitrogen and oxygen atoms in total. The SMILES string of the molecule is CN1CCN(C)C(CN2CCCC2=N)C1. The van der Waals surface area contributed by atoms with Gasteiger partial charge >= 0.3 is 0 Å². The van der Waals surface area contributed by atoms with Crippen molar-refractivity contribution in [1.29, 1.82) is 5.41 Å². The normalized spacial score (nSPS) is 30.1. The van der Waals surface area contributed by atoms with E-state index in [2.05, 4.69) is 28.8 Å². The van der Waals surface area contributed by atoms with Crippen molar-refractivity contribution in [3.63, 3.8) is 0 Å². The first-order chi connectivity index (χ1) is 7.16. The summed E-state index contributed by atoms with van der Waals surface area (Å²) in [6.45, 7) is 5.60. The monoisotopic (exact) mass is 210 g/mol. The average molecular weight is 210 g/mol. The van der Waals surface area contributed by atoms with Crippen molar-refractivity contribution in [3.05, 3.63) is 0 Å². The van der Waals surface area contributed by atoms with Crippen molar-refractivity contribution < 1.29 is 0 Å². The van der Waals surface area contributed by atoms with Crippen LogP contribution >= 0.6 is 0 Å². The van der Waals surface area contributed by atoms with Gasteiger partial charge in [0, 0.05) is 45.2 Å². The van der Waals surface area contributed by atoms with Crippen molar-refractivity contribution in [2.45, 2.75) is 18.9 Å². The van der Waals surface area contributed by atoms with E-state index in [4.69, 9.17) is 5.41 Å². The number of nitrogens with one attached hydrogen (secondary N) is 1. The number of amidine groups is 1. The zero-order valence-corrected chi connectivity index (χ0v) is 9.87. The van der Waals surface area contributed by atoms with Crippen molar-refractivity contribution in [2.24, 2.45) is 0 Å². The summed E-state index contributed by atoms with van der Waals surface area (Å²) in [6, 6.07) is 0.599. The molecular formula is C11H22N4. The zero-order chi connectivity index (χ0) is 10.8. The molecule has 0 aromatic heterocycles. The molecule has 0 amide bonds. The van der Waals surface area contributed by atoms with Crippen molar-refractivity contribution in [1.82, 2.24) is 14.7 Å². The van der Waals surface area contributed by atoms with E-state index in [9.17, 15) is 0 Å². The maximum Gasteiger partial charge on any atom is 0.0958 e. The van der Waals surface area contributed by atoms with E-state index in [1.807, 2.05) is 0 Å². The minimum Gasteiger partial charge on any atom is -0.359 e. The summed E-state index contributed by atoms with van der Waals surface area (Å²) >= 11 is 0. The third kappa shape index (κ3) is 2.49. The summed E-state index contributed by atoms with van der Waals surface area (Å²) in [6.07, 6.45) is 2.15. The van der Waals surface area contributed by atoms with Gasteiger partial charge in [0.2, 0.25) is 0 Å². The topological polar surface area (TPSA) is 33.6 Å². The molecule has 1 N–H and O–H groups in total. The Morgan fingerprint density at radius 3 is 2.73 bits per heavy atom. The fraction of sp³-hybridized carbons (Fsp3) is 0.909. The molecule has 0 aliphatic carbocycles. The van der Waals surface area contributed by atoms with Crippen LogP contribution in [0.15, 0.2) is 0 Å². The van der Waals surface area contributed by atoms with Gasteiger partial charge in [0.05, 0.1) is 5.84 Å². The van der Waals surface area contributed by atoms with Gasteiger partial charge in [-0.2, -0.15) is 0 Å². The lowest BCUT2D eigenvalue weighted by Crippen LogP contribution is -2.54. The lowest BCUT2D eigenvalue weighted by atomic mass is 10.2. The van der Waals surface area contributed by atoms with Crippen LogP contribution in [0.5, 0.6) is 0 Å². The molecule has 0 radical (unpaired) electrons. The lowest BCUT2D eigenvalue weighted by Gasteiger charge is -2.39. The van der Waals surface area contributed by atoms with E-state index in [1.165, 1.54) is 13.0 Å². The number of likely N-dealkylation sites (tertiary alicyclic amines) is 1. The molecule has 86 valence electrons. The van der Waals surface area contributed by atoms with Gasteiger partial charge in [-0.3, -0.25) is 10.3 Å². The Morgan fingerprint density at radius 1 is 1.27 bits per heavy atom. The first-order valence-corrected chi connectivity index (χ1v) is 5.88. The third-order valence-corrected chi connectivity index (χ3v) is 3.63. The lowest BCUT2D eigenvalue weighted by molar-refractivity contribution is 0.0996. The highest BCUT2D eigenvalue weighted by molar-refractivity contribution is 5.80. The van der Waals surface area contributed by atoms with Gasteiger partial charge < -0.3 is 9.80 Å². The highest BCUT2D eigenvalue weighted by Crippen LogP contribution is 2.14. The average Bonchev–Trinajstić information content (AvgIpc) is 2.58. The molecule has 2 rings (SSSR count). The summed E-state index contributed by atoms with van der Waals surface area (Å²) in [5, 5.41) is 7.83. The van der Waals surface area contributed by atoms with Crippen LogP contribution in [-0.2, 0) is 0 Å². The second-order valence-electron chi connectivity index (χ2n) is 4.89. The van der Waals surface area contributed by atoms with E-state index in [-0.39, 0.29) is 0 Å². The fourth-order valence-corrected chi connectivity index (χ4v) is 2.48. The van der Waals surface area contributed by atoms with Gasteiger partial charge in [0.1, 0.15) is 0 Å². The smallest absolute Gasteiger partial charge is 0.0958 e. The van der Waals surface area contributed by atoms with Gasteiger partial charge in [-0.05, 0) is 20.5 Å². The molecule has 2 aliphatic heterocycles. The summed E-state index contributed by atoms with van der Waals surface area (Å²) in [4.78, 5) is 7.08. The number of piperazine rings is 1. The van der Waals surface area contributed by atoms with Crippen LogP contribution in [0, 0.1) is 5.41 Å². The van der Waals surface area contributed by atoms with Gasteiger partial charge in [0.25, 0.3) is 0 Å². The Balaban J connectivity index is 1.89. The molecule has 0 spiro atoms. The molecule has 2 aliphatic rings. The van der Waals surface area contributed by atoms with Crippen molar-refractivity contribution in [2.75, 3.05) is 46.8 Å². The van der Waals surface area contributed by atoms with Gasteiger partial charge in [-0.25, -0.2) is 0 Å². The number of hydrogen-bond donors (Lipinski definition) is 1. The Labute approximate surface area is 92.3 Å². The maximum absolute atomic E-state index is 7.83. The molecule has 1 unspecified atom stereocenters. The molecule has 4 heteroatoms. The zero-order valence-electron chi connectivity index (χ0n) is 9.87. The predicted molar refractivity (Wildman–Crippen MR) is 62.4 cm³/mol. The van der Waals surface area contributed by atoms with Gasteiger partial charge in [0.15, 0.2) is 0 Å². The fourth-order valence-electron chi connectivity index (χ4n) is 2.48. The van der Waals surface area contributed by atoms with E-state index in [1.54, 1.807) is 0 Å². The highest BCUT2D eigenvalue weighted by Gasteiger charge is 2.26. The van der Waals surface area contributed by atoms with E-state index >= 15 is 0 Å². The molecular weight excluding hydrogens is 188 g/mol. The third-order valence-electron chi connectivity index (χ3n) is 3.63. The summed E-state index contributed by atoms with van der Waals surface area (Å²) in [5.74, 6) is 0.844. The molecule has 0 bridgehead atoms. The van der Waals surface area contributed by atoms with Gasteiger partial charge in [-0.15, -0.1) is 0 Å². The number of hydrogen-bond acceptors (Lipinski definition) is 3. The molecule has 0 aromatic carbocycles. The minimum atomic E-state index is 0.599. The minimum absolute atomic E-state index is 0.599. The maximum atomic E-state index is 7.83. The van der Waals surface area contributed by atoms with Crippen LogP contribution < -0.4 is 0 Å². The number of rotatable bonds is 2. The molecule has 0 saturated carbocycles. The second kappa shape index (κ2) is 4.49. The van der Waals surface area contributed by atoms with Crippen LogP contribution in [0.4, 0.5) is 0 Å². The Bertz CT molecular complexity index is 241. The van der Waals surface area contributed by atoms with E-state index < -0.39 is 0 Å². The summed E-state index contributed by atoms with van der Waals surface area (Å²) in [5.41, 5.74) is 0. The highest BCUT2D eigenvalue weighted by atomic mass is 15.3. The van der Waals surface area contributed by atoms with Crippen LogP contribution in [0.25, 0.3) is 0 Å². The molecule has 0 aromatic rings.